The first-order valence-electron chi connectivity index (χ1n) is 6.56. The summed E-state index contributed by atoms with van der Waals surface area (Å²) in [6.45, 7) is 4.45. The third-order valence-electron chi connectivity index (χ3n) is 2.78. The second kappa shape index (κ2) is 6.19. The van der Waals surface area contributed by atoms with E-state index in [0.29, 0.717) is 6.54 Å². The SMILES string of the molecule is CC(C)Oc1ccc(NCc2ccc(O)cc2O)cc1. The Kier molecular flexibility index (Phi) is 4.35. The fraction of sp³-hybridized carbons (Fsp3) is 0.250. The van der Waals surface area contributed by atoms with Gasteiger partial charge < -0.3 is 20.3 Å². The summed E-state index contributed by atoms with van der Waals surface area (Å²) in [5.74, 6) is 0.969. The third kappa shape index (κ3) is 3.82. The highest BCUT2D eigenvalue weighted by Crippen LogP contribution is 2.24. The Balaban J connectivity index is 1.96. The normalized spacial score (nSPS) is 10.6. The average Bonchev–Trinajstić information content (AvgIpc) is 2.39. The van der Waals surface area contributed by atoms with E-state index in [9.17, 15) is 10.2 Å². The van der Waals surface area contributed by atoms with E-state index in [4.69, 9.17) is 4.74 Å². The molecule has 20 heavy (non-hydrogen) atoms. The zero-order valence-electron chi connectivity index (χ0n) is 11.6. The number of aromatic hydroxyl groups is 2. The van der Waals surface area contributed by atoms with Crippen molar-refractivity contribution in [3.05, 3.63) is 48.0 Å². The lowest BCUT2D eigenvalue weighted by Gasteiger charge is -2.11. The topological polar surface area (TPSA) is 61.7 Å². The Bertz CT molecular complexity index is 564. The maximum Gasteiger partial charge on any atom is 0.124 e. The lowest BCUT2D eigenvalue weighted by atomic mass is 10.2. The first-order valence-corrected chi connectivity index (χ1v) is 6.56. The Labute approximate surface area is 118 Å². The van der Waals surface area contributed by atoms with Crippen molar-refractivity contribution in [3.8, 4) is 17.2 Å². The number of anilines is 1. The molecule has 0 amide bonds. The first-order chi connectivity index (χ1) is 9.54. The van der Waals surface area contributed by atoms with Gasteiger partial charge in [-0.15, -0.1) is 0 Å². The van der Waals surface area contributed by atoms with Crippen LogP contribution in [0.25, 0.3) is 0 Å². The zero-order chi connectivity index (χ0) is 14.5. The van der Waals surface area contributed by atoms with E-state index in [2.05, 4.69) is 5.32 Å². The molecular weight excluding hydrogens is 254 g/mol. The quantitative estimate of drug-likeness (QED) is 0.780. The fourth-order valence-electron chi connectivity index (χ4n) is 1.82. The number of hydrogen-bond donors (Lipinski definition) is 3. The Morgan fingerprint density at radius 3 is 2.35 bits per heavy atom. The van der Waals surface area contributed by atoms with Gasteiger partial charge in [0.2, 0.25) is 0 Å². The third-order valence-corrected chi connectivity index (χ3v) is 2.78. The summed E-state index contributed by atoms with van der Waals surface area (Å²) in [5, 5.41) is 22.1. The summed E-state index contributed by atoms with van der Waals surface area (Å²) in [5.41, 5.74) is 1.67. The van der Waals surface area contributed by atoms with Crippen LogP contribution in [0, 0.1) is 0 Å². The molecule has 0 radical (unpaired) electrons. The molecule has 0 unspecified atom stereocenters. The number of phenols is 2. The van der Waals surface area contributed by atoms with Gasteiger partial charge in [0.05, 0.1) is 6.10 Å². The van der Waals surface area contributed by atoms with Crippen LogP contribution in [0.3, 0.4) is 0 Å². The summed E-state index contributed by atoms with van der Waals surface area (Å²) in [7, 11) is 0. The standard InChI is InChI=1S/C16H19NO3/c1-11(2)20-15-7-4-13(5-8-15)17-10-12-3-6-14(18)9-16(12)19/h3-9,11,17-19H,10H2,1-2H3. The van der Waals surface area contributed by atoms with Gasteiger partial charge in [-0.05, 0) is 50.2 Å². The minimum Gasteiger partial charge on any atom is -0.508 e. The molecular formula is C16H19NO3. The van der Waals surface area contributed by atoms with E-state index >= 15 is 0 Å². The van der Waals surface area contributed by atoms with Gasteiger partial charge in [-0.2, -0.15) is 0 Å². The van der Waals surface area contributed by atoms with Crippen LogP contribution < -0.4 is 10.1 Å². The summed E-state index contributed by atoms with van der Waals surface area (Å²) in [6, 6.07) is 12.2. The van der Waals surface area contributed by atoms with Crippen molar-refractivity contribution < 1.29 is 14.9 Å². The summed E-state index contributed by atoms with van der Waals surface area (Å²) in [6.07, 6.45) is 0.155. The summed E-state index contributed by atoms with van der Waals surface area (Å²) < 4.78 is 5.57. The van der Waals surface area contributed by atoms with Crippen molar-refractivity contribution in [2.75, 3.05) is 5.32 Å². The monoisotopic (exact) mass is 273 g/mol. The fourth-order valence-corrected chi connectivity index (χ4v) is 1.82. The van der Waals surface area contributed by atoms with E-state index in [1.54, 1.807) is 12.1 Å². The molecule has 0 aromatic heterocycles. The Morgan fingerprint density at radius 2 is 1.75 bits per heavy atom. The number of nitrogens with one attached hydrogen (secondary N) is 1. The predicted molar refractivity (Wildman–Crippen MR) is 79.3 cm³/mol. The van der Waals surface area contributed by atoms with Crippen LogP contribution in [-0.4, -0.2) is 16.3 Å². The van der Waals surface area contributed by atoms with Crippen molar-refractivity contribution in [1.82, 2.24) is 0 Å². The molecule has 0 saturated heterocycles. The lowest BCUT2D eigenvalue weighted by Crippen LogP contribution is -2.05. The maximum atomic E-state index is 9.69. The lowest BCUT2D eigenvalue weighted by molar-refractivity contribution is 0.242. The van der Waals surface area contributed by atoms with Crippen LogP contribution in [0.15, 0.2) is 42.5 Å². The van der Waals surface area contributed by atoms with E-state index in [-0.39, 0.29) is 17.6 Å². The van der Waals surface area contributed by atoms with Crippen LogP contribution in [-0.2, 0) is 6.54 Å². The largest absolute Gasteiger partial charge is 0.508 e. The average molecular weight is 273 g/mol. The van der Waals surface area contributed by atoms with Crippen LogP contribution in [0.5, 0.6) is 17.2 Å². The molecule has 0 fully saturated rings. The van der Waals surface area contributed by atoms with Crippen molar-refractivity contribution >= 4 is 5.69 Å². The summed E-state index contributed by atoms with van der Waals surface area (Å²) >= 11 is 0. The molecule has 0 aliphatic rings. The second-order valence-electron chi connectivity index (χ2n) is 4.86. The molecule has 0 spiro atoms. The van der Waals surface area contributed by atoms with Gasteiger partial charge in [0.1, 0.15) is 17.2 Å². The van der Waals surface area contributed by atoms with Gasteiger partial charge in [-0.1, -0.05) is 0 Å². The zero-order valence-corrected chi connectivity index (χ0v) is 11.6. The molecule has 2 rings (SSSR count). The van der Waals surface area contributed by atoms with Crippen LogP contribution in [0.2, 0.25) is 0 Å². The van der Waals surface area contributed by atoms with E-state index in [0.717, 1.165) is 17.0 Å². The minimum atomic E-state index is 0.0569. The van der Waals surface area contributed by atoms with Crippen molar-refractivity contribution in [3.63, 3.8) is 0 Å². The number of ether oxygens (including phenoxy) is 1. The molecule has 0 heterocycles. The molecule has 4 nitrogen and oxygen atoms in total. The molecule has 0 bridgehead atoms. The maximum absolute atomic E-state index is 9.69. The molecule has 0 atom stereocenters. The van der Waals surface area contributed by atoms with Crippen molar-refractivity contribution in [2.45, 2.75) is 26.5 Å². The first kappa shape index (κ1) is 14.1. The van der Waals surface area contributed by atoms with Crippen molar-refractivity contribution in [2.24, 2.45) is 0 Å². The van der Waals surface area contributed by atoms with Gasteiger partial charge in [-0.3, -0.25) is 0 Å². The number of hydrogen-bond acceptors (Lipinski definition) is 4. The highest BCUT2D eigenvalue weighted by Gasteiger charge is 2.03. The van der Waals surface area contributed by atoms with Crippen LogP contribution >= 0.6 is 0 Å². The number of benzene rings is 2. The molecule has 0 aliphatic carbocycles. The molecule has 2 aromatic carbocycles. The second-order valence-corrected chi connectivity index (χ2v) is 4.86. The summed E-state index contributed by atoms with van der Waals surface area (Å²) in [4.78, 5) is 0. The Hall–Kier alpha value is -2.36. The van der Waals surface area contributed by atoms with Gasteiger partial charge >= 0.3 is 0 Å². The molecule has 0 saturated carbocycles. The van der Waals surface area contributed by atoms with Gasteiger partial charge in [0.25, 0.3) is 0 Å². The van der Waals surface area contributed by atoms with Gasteiger partial charge in [0.15, 0.2) is 0 Å². The highest BCUT2D eigenvalue weighted by atomic mass is 16.5. The highest BCUT2D eigenvalue weighted by molar-refractivity contribution is 5.48. The number of rotatable bonds is 5. The predicted octanol–water partition coefficient (Wildman–Crippen LogP) is 3.50. The minimum absolute atomic E-state index is 0.0569. The van der Waals surface area contributed by atoms with Crippen molar-refractivity contribution in [1.29, 1.82) is 0 Å². The van der Waals surface area contributed by atoms with E-state index in [1.165, 1.54) is 6.07 Å². The number of phenolic OH excluding ortho intramolecular Hbond substituents is 2. The molecule has 106 valence electrons. The van der Waals surface area contributed by atoms with Gasteiger partial charge in [0, 0.05) is 23.9 Å². The molecule has 2 aromatic rings. The van der Waals surface area contributed by atoms with E-state index < -0.39 is 0 Å². The smallest absolute Gasteiger partial charge is 0.124 e. The molecule has 3 N–H and O–H groups in total. The van der Waals surface area contributed by atoms with Gasteiger partial charge in [-0.25, -0.2) is 0 Å². The van der Waals surface area contributed by atoms with Crippen LogP contribution in [0.1, 0.15) is 19.4 Å². The Morgan fingerprint density at radius 1 is 1.05 bits per heavy atom. The molecule has 4 heteroatoms. The molecule has 0 aliphatic heterocycles. The van der Waals surface area contributed by atoms with E-state index in [1.807, 2.05) is 38.1 Å². The van der Waals surface area contributed by atoms with Crippen LogP contribution in [0.4, 0.5) is 5.69 Å².